The number of hydrogen-bond donors (Lipinski definition) is 1. The summed E-state index contributed by atoms with van der Waals surface area (Å²) < 4.78 is 4.97. The highest BCUT2D eigenvalue weighted by Gasteiger charge is 2.20. The van der Waals surface area contributed by atoms with Crippen molar-refractivity contribution in [3.05, 3.63) is 18.3 Å². The number of rotatable bonds is 2. The summed E-state index contributed by atoms with van der Waals surface area (Å²) in [5.41, 5.74) is 0.694. The molecule has 0 spiro atoms. The predicted molar refractivity (Wildman–Crippen MR) is 69.8 cm³/mol. The summed E-state index contributed by atoms with van der Waals surface area (Å²) in [5, 5.41) is 2.85. The summed E-state index contributed by atoms with van der Waals surface area (Å²) in [6.07, 6.45) is 3.88. The Hall–Kier alpha value is -1.78. The number of anilines is 1. The Balaban J connectivity index is 1.93. The van der Waals surface area contributed by atoms with Crippen molar-refractivity contribution in [3.8, 4) is 5.88 Å². The zero-order chi connectivity index (χ0) is 13.0. The Labute approximate surface area is 107 Å². The zero-order valence-corrected chi connectivity index (χ0v) is 10.8. The van der Waals surface area contributed by atoms with Gasteiger partial charge in [-0.25, -0.2) is 9.78 Å². The zero-order valence-electron chi connectivity index (χ0n) is 10.8. The van der Waals surface area contributed by atoms with Crippen molar-refractivity contribution in [2.45, 2.75) is 19.8 Å². The summed E-state index contributed by atoms with van der Waals surface area (Å²) in [5.74, 6) is 1.12. The van der Waals surface area contributed by atoms with Gasteiger partial charge in [-0.2, -0.15) is 0 Å². The highest BCUT2D eigenvalue weighted by atomic mass is 16.5. The van der Waals surface area contributed by atoms with Gasteiger partial charge >= 0.3 is 6.03 Å². The Morgan fingerprint density at radius 2 is 2.39 bits per heavy atom. The molecule has 0 radical (unpaired) electrons. The molecule has 1 aromatic heterocycles. The van der Waals surface area contributed by atoms with E-state index in [-0.39, 0.29) is 6.03 Å². The lowest BCUT2D eigenvalue weighted by atomic mass is 10.0. The number of urea groups is 1. The molecule has 2 rings (SSSR count). The first-order valence-corrected chi connectivity index (χ1v) is 6.25. The lowest BCUT2D eigenvalue weighted by Gasteiger charge is -2.30. The molecule has 1 aromatic rings. The van der Waals surface area contributed by atoms with E-state index < -0.39 is 0 Å². The van der Waals surface area contributed by atoms with Gasteiger partial charge in [0.15, 0.2) is 0 Å². The number of pyridine rings is 1. The van der Waals surface area contributed by atoms with Crippen LogP contribution in [0.15, 0.2) is 18.3 Å². The van der Waals surface area contributed by atoms with E-state index in [2.05, 4.69) is 17.2 Å². The molecule has 1 N–H and O–H groups in total. The van der Waals surface area contributed by atoms with Crippen molar-refractivity contribution >= 4 is 11.7 Å². The first-order chi connectivity index (χ1) is 8.69. The van der Waals surface area contributed by atoms with E-state index in [1.54, 1.807) is 25.4 Å². The molecule has 1 fully saturated rings. The highest BCUT2D eigenvalue weighted by molar-refractivity contribution is 5.89. The molecule has 1 atom stereocenters. The minimum absolute atomic E-state index is 0.0477. The monoisotopic (exact) mass is 249 g/mol. The number of likely N-dealkylation sites (tertiary alicyclic amines) is 1. The van der Waals surface area contributed by atoms with E-state index >= 15 is 0 Å². The molecular weight excluding hydrogens is 230 g/mol. The van der Waals surface area contributed by atoms with Crippen LogP contribution in [-0.4, -0.2) is 36.1 Å². The summed E-state index contributed by atoms with van der Waals surface area (Å²) in [6.45, 7) is 3.84. The van der Waals surface area contributed by atoms with E-state index in [0.717, 1.165) is 19.5 Å². The van der Waals surface area contributed by atoms with Gasteiger partial charge in [-0.15, -0.1) is 0 Å². The lowest BCUT2D eigenvalue weighted by Crippen LogP contribution is -2.41. The van der Waals surface area contributed by atoms with Gasteiger partial charge in [0.25, 0.3) is 0 Å². The number of amides is 2. The molecule has 1 aliphatic heterocycles. The third-order valence-electron chi connectivity index (χ3n) is 3.14. The average Bonchev–Trinajstić information content (AvgIpc) is 2.39. The van der Waals surface area contributed by atoms with Crippen LogP contribution in [0.1, 0.15) is 19.8 Å². The molecule has 5 nitrogen and oxygen atoms in total. The first kappa shape index (κ1) is 12.7. The number of carbonyl (C=O) groups excluding carboxylic acids is 1. The second-order valence-electron chi connectivity index (χ2n) is 4.71. The van der Waals surface area contributed by atoms with Gasteiger partial charge in [0.05, 0.1) is 19.0 Å². The minimum atomic E-state index is -0.0477. The molecule has 2 amide bonds. The van der Waals surface area contributed by atoms with Crippen LogP contribution in [0.5, 0.6) is 5.88 Å². The molecule has 0 aromatic carbocycles. The quantitative estimate of drug-likeness (QED) is 0.875. The van der Waals surface area contributed by atoms with Crippen LogP contribution in [-0.2, 0) is 0 Å². The molecular formula is C13H19N3O2. The number of ether oxygens (including phenoxy) is 1. The van der Waals surface area contributed by atoms with Crippen LogP contribution in [0.25, 0.3) is 0 Å². The Morgan fingerprint density at radius 1 is 1.56 bits per heavy atom. The van der Waals surface area contributed by atoms with Gasteiger partial charge in [-0.05, 0) is 24.8 Å². The van der Waals surface area contributed by atoms with Crippen molar-refractivity contribution < 1.29 is 9.53 Å². The number of nitrogens with one attached hydrogen (secondary N) is 1. The summed E-state index contributed by atoms with van der Waals surface area (Å²) >= 11 is 0. The van der Waals surface area contributed by atoms with E-state index in [1.165, 1.54) is 6.42 Å². The standard InChI is InChI=1S/C13H19N3O2/c1-10-4-3-7-16(9-10)13(17)15-11-5-6-12(18-2)14-8-11/h5-6,8,10H,3-4,7,9H2,1-2H3,(H,15,17)/t10-/m1/s1. The van der Waals surface area contributed by atoms with Gasteiger partial charge in [-0.1, -0.05) is 6.92 Å². The van der Waals surface area contributed by atoms with Gasteiger partial charge in [0.2, 0.25) is 5.88 Å². The van der Waals surface area contributed by atoms with Gasteiger partial charge in [0, 0.05) is 19.2 Å². The van der Waals surface area contributed by atoms with Crippen LogP contribution in [0, 0.1) is 5.92 Å². The van der Waals surface area contributed by atoms with Crippen LogP contribution in [0.2, 0.25) is 0 Å². The number of nitrogens with zero attached hydrogens (tertiary/aromatic N) is 2. The molecule has 0 aliphatic carbocycles. The van der Waals surface area contributed by atoms with Gasteiger partial charge in [-0.3, -0.25) is 0 Å². The predicted octanol–water partition coefficient (Wildman–Crippen LogP) is 2.35. The summed E-state index contributed by atoms with van der Waals surface area (Å²) in [6, 6.07) is 3.47. The molecule has 1 saturated heterocycles. The van der Waals surface area contributed by atoms with E-state index in [0.29, 0.717) is 17.5 Å². The smallest absolute Gasteiger partial charge is 0.321 e. The summed E-state index contributed by atoms with van der Waals surface area (Å²) in [7, 11) is 1.57. The Kier molecular flexibility index (Phi) is 4.02. The van der Waals surface area contributed by atoms with Crippen molar-refractivity contribution in [1.82, 2.24) is 9.88 Å². The van der Waals surface area contributed by atoms with E-state index in [9.17, 15) is 4.79 Å². The molecule has 0 saturated carbocycles. The Bertz CT molecular complexity index is 405. The fourth-order valence-corrected chi connectivity index (χ4v) is 2.15. The normalized spacial score (nSPS) is 19.4. The largest absolute Gasteiger partial charge is 0.481 e. The first-order valence-electron chi connectivity index (χ1n) is 6.25. The van der Waals surface area contributed by atoms with Crippen LogP contribution < -0.4 is 10.1 Å². The number of carbonyl (C=O) groups is 1. The highest BCUT2D eigenvalue weighted by Crippen LogP contribution is 2.17. The molecule has 5 heteroatoms. The van der Waals surface area contributed by atoms with Crippen molar-refractivity contribution in [1.29, 1.82) is 0 Å². The second-order valence-corrected chi connectivity index (χ2v) is 4.71. The average molecular weight is 249 g/mol. The molecule has 0 bridgehead atoms. The fraction of sp³-hybridized carbons (Fsp3) is 0.538. The topological polar surface area (TPSA) is 54.5 Å². The molecule has 0 unspecified atom stereocenters. The lowest BCUT2D eigenvalue weighted by molar-refractivity contribution is 0.182. The number of hydrogen-bond acceptors (Lipinski definition) is 3. The maximum absolute atomic E-state index is 12.0. The molecule has 18 heavy (non-hydrogen) atoms. The number of piperidine rings is 1. The maximum atomic E-state index is 12.0. The summed E-state index contributed by atoms with van der Waals surface area (Å²) in [4.78, 5) is 17.9. The fourth-order valence-electron chi connectivity index (χ4n) is 2.15. The number of methoxy groups -OCH3 is 1. The van der Waals surface area contributed by atoms with Crippen LogP contribution in [0.3, 0.4) is 0 Å². The van der Waals surface area contributed by atoms with Gasteiger partial charge in [0.1, 0.15) is 0 Å². The van der Waals surface area contributed by atoms with E-state index in [1.807, 2.05) is 4.90 Å². The van der Waals surface area contributed by atoms with Crippen molar-refractivity contribution in [2.24, 2.45) is 5.92 Å². The third-order valence-corrected chi connectivity index (χ3v) is 3.14. The van der Waals surface area contributed by atoms with Crippen molar-refractivity contribution in [3.63, 3.8) is 0 Å². The molecule has 98 valence electrons. The number of aromatic nitrogens is 1. The minimum Gasteiger partial charge on any atom is -0.481 e. The van der Waals surface area contributed by atoms with Crippen molar-refractivity contribution in [2.75, 3.05) is 25.5 Å². The second kappa shape index (κ2) is 5.71. The molecule has 2 heterocycles. The maximum Gasteiger partial charge on any atom is 0.321 e. The van der Waals surface area contributed by atoms with Crippen LogP contribution in [0.4, 0.5) is 10.5 Å². The SMILES string of the molecule is COc1ccc(NC(=O)N2CCC[C@@H](C)C2)cn1. The third kappa shape index (κ3) is 3.12. The van der Waals surface area contributed by atoms with E-state index in [4.69, 9.17) is 4.74 Å². The van der Waals surface area contributed by atoms with Crippen LogP contribution >= 0.6 is 0 Å². The van der Waals surface area contributed by atoms with Gasteiger partial charge < -0.3 is 15.0 Å². The molecule has 1 aliphatic rings. The Morgan fingerprint density at radius 3 is 3.00 bits per heavy atom.